The van der Waals surface area contributed by atoms with E-state index in [1.807, 2.05) is 0 Å². The average Bonchev–Trinajstić information content (AvgIpc) is 2.43. The first kappa shape index (κ1) is 27.8. The molecular weight excluding hydrogens is 376 g/mol. The second kappa shape index (κ2) is 10.2. The van der Waals surface area contributed by atoms with Gasteiger partial charge in [-0.3, -0.25) is 0 Å². The second-order valence-corrected chi connectivity index (χ2v) is 21.2. The van der Waals surface area contributed by atoms with Gasteiger partial charge in [0.15, 0.2) is 16.6 Å². The summed E-state index contributed by atoms with van der Waals surface area (Å²) < 4.78 is 13.5. The highest BCUT2D eigenvalue weighted by molar-refractivity contribution is 6.74. The SMILES string of the molecule is C/C=C/C(C)=C/[C@@H](O[Si](C)(C)C(C)(C)C)[C@H](C)C[C@@H](C)O[Si](C)(C)C(C)(C)C. The van der Waals surface area contributed by atoms with Crippen LogP contribution in [0.2, 0.25) is 36.3 Å². The van der Waals surface area contributed by atoms with Gasteiger partial charge >= 0.3 is 0 Å². The Morgan fingerprint density at radius 3 is 1.68 bits per heavy atom. The van der Waals surface area contributed by atoms with Gasteiger partial charge in [0.2, 0.25) is 0 Å². The summed E-state index contributed by atoms with van der Waals surface area (Å²) in [6, 6.07) is 0. The van der Waals surface area contributed by atoms with E-state index >= 15 is 0 Å². The number of rotatable bonds is 9. The molecule has 0 fully saturated rings. The van der Waals surface area contributed by atoms with Crippen molar-refractivity contribution in [2.45, 2.75) is 124 Å². The summed E-state index contributed by atoms with van der Waals surface area (Å²) in [6.07, 6.45) is 7.99. The minimum atomic E-state index is -1.85. The van der Waals surface area contributed by atoms with Gasteiger partial charge in [-0.25, -0.2) is 0 Å². The fourth-order valence-corrected chi connectivity index (χ4v) is 5.58. The standard InChI is InChI=1S/C24H50O2Si2/c1-15-16-19(2)17-22(26-28(13,14)24(8,9)10)20(3)18-21(4)25-27(11,12)23(5,6)7/h15-17,20-22H,18H2,1-14H3/b16-15+,19-17+/t20-,21-,22-/m1/s1. The van der Waals surface area contributed by atoms with Crippen molar-refractivity contribution in [3.8, 4) is 0 Å². The first-order chi connectivity index (χ1) is 12.3. The normalized spacial score (nSPS) is 18.4. The minimum Gasteiger partial charge on any atom is -0.414 e. The molecule has 0 aromatic rings. The van der Waals surface area contributed by atoms with E-state index in [9.17, 15) is 0 Å². The van der Waals surface area contributed by atoms with Crippen LogP contribution in [0.25, 0.3) is 0 Å². The van der Waals surface area contributed by atoms with Crippen molar-refractivity contribution in [2.75, 3.05) is 0 Å². The van der Waals surface area contributed by atoms with Gasteiger partial charge in [0, 0.05) is 6.10 Å². The van der Waals surface area contributed by atoms with Crippen LogP contribution in [0.1, 0.15) is 75.7 Å². The molecular formula is C24H50O2Si2. The summed E-state index contributed by atoms with van der Waals surface area (Å²) in [5.41, 5.74) is 1.27. The maximum absolute atomic E-state index is 6.86. The molecule has 2 nitrogen and oxygen atoms in total. The largest absolute Gasteiger partial charge is 0.414 e. The van der Waals surface area contributed by atoms with Crippen LogP contribution in [-0.4, -0.2) is 28.8 Å². The Kier molecular flexibility index (Phi) is 10.2. The highest BCUT2D eigenvalue weighted by atomic mass is 28.4. The molecule has 4 heteroatoms. The van der Waals surface area contributed by atoms with Gasteiger partial charge < -0.3 is 8.85 Å². The molecule has 0 rings (SSSR count). The molecule has 3 atom stereocenters. The van der Waals surface area contributed by atoms with Crippen molar-refractivity contribution < 1.29 is 8.85 Å². The molecule has 0 saturated carbocycles. The molecule has 0 aromatic heterocycles. The third-order valence-corrected chi connectivity index (χ3v) is 15.7. The number of hydrogen-bond acceptors (Lipinski definition) is 2. The Morgan fingerprint density at radius 2 is 1.29 bits per heavy atom. The molecule has 0 amide bonds. The number of allylic oxidation sites excluding steroid dienone is 3. The average molecular weight is 427 g/mol. The Hall–Kier alpha value is -0.166. The van der Waals surface area contributed by atoms with E-state index in [4.69, 9.17) is 8.85 Å². The molecule has 166 valence electrons. The van der Waals surface area contributed by atoms with E-state index < -0.39 is 16.6 Å². The Morgan fingerprint density at radius 1 is 0.857 bits per heavy atom. The molecule has 0 radical (unpaired) electrons. The van der Waals surface area contributed by atoms with Crippen molar-refractivity contribution in [3.63, 3.8) is 0 Å². The van der Waals surface area contributed by atoms with Gasteiger partial charge in [-0.15, -0.1) is 0 Å². The van der Waals surface area contributed by atoms with Crippen LogP contribution in [0.4, 0.5) is 0 Å². The van der Waals surface area contributed by atoms with Gasteiger partial charge in [-0.05, 0) is 69.4 Å². The first-order valence-electron chi connectivity index (χ1n) is 11.0. The lowest BCUT2D eigenvalue weighted by atomic mass is 9.96. The molecule has 0 N–H and O–H groups in total. The van der Waals surface area contributed by atoms with Crippen LogP contribution in [0, 0.1) is 5.92 Å². The van der Waals surface area contributed by atoms with E-state index in [2.05, 4.69) is 114 Å². The van der Waals surface area contributed by atoms with Gasteiger partial charge in [0.1, 0.15) is 0 Å². The Balaban J connectivity index is 5.48. The predicted molar refractivity (Wildman–Crippen MR) is 132 cm³/mol. The van der Waals surface area contributed by atoms with Crippen LogP contribution in [-0.2, 0) is 8.85 Å². The summed E-state index contributed by atoms with van der Waals surface area (Å²) in [4.78, 5) is 0. The molecule has 0 aliphatic carbocycles. The highest BCUT2D eigenvalue weighted by Crippen LogP contribution is 2.40. The third kappa shape index (κ3) is 8.68. The van der Waals surface area contributed by atoms with Gasteiger partial charge in [0.25, 0.3) is 0 Å². The zero-order valence-electron chi connectivity index (χ0n) is 21.5. The van der Waals surface area contributed by atoms with E-state index in [1.165, 1.54) is 5.57 Å². The topological polar surface area (TPSA) is 18.5 Å². The first-order valence-corrected chi connectivity index (χ1v) is 16.8. The van der Waals surface area contributed by atoms with Crippen LogP contribution in [0.3, 0.4) is 0 Å². The second-order valence-electron chi connectivity index (χ2n) is 11.7. The summed E-state index contributed by atoms with van der Waals surface area (Å²) >= 11 is 0. The van der Waals surface area contributed by atoms with Crippen LogP contribution in [0.15, 0.2) is 23.8 Å². The maximum Gasteiger partial charge on any atom is 0.192 e. The van der Waals surface area contributed by atoms with E-state index in [0.29, 0.717) is 5.92 Å². The molecule has 0 spiro atoms. The summed E-state index contributed by atoms with van der Waals surface area (Å²) in [5.74, 6) is 0.411. The van der Waals surface area contributed by atoms with Crippen LogP contribution < -0.4 is 0 Å². The maximum atomic E-state index is 6.86. The van der Waals surface area contributed by atoms with Crippen LogP contribution >= 0.6 is 0 Å². The van der Waals surface area contributed by atoms with Gasteiger partial charge in [-0.1, -0.05) is 72.3 Å². The molecule has 0 heterocycles. The Labute approximate surface area is 179 Å². The van der Waals surface area contributed by atoms with E-state index in [-0.39, 0.29) is 22.3 Å². The predicted octanol–water partition coefficient (Wildman–Crippen LogP) is 8.34. The lowest BCUT2D eigenvalue weighted by Gasteiger charge is -2.42. The molecule has 0 aromatic carbocycles. The van der Waals surface area contributed by atoms with E-state index in [0.717, 1.165) is 6.42 Å². The fraction of sp³-hybridized carbons (Fsp3) is 0.833. The van der Waals surface area contributed by atoms with Gasteiger partial charge in [0.05, 0.1) is 6.10 Å². The summed E-state index contributed by atoms with van der Waals surface area (Å²) in [6.45, 7) is 32.0. The lowest BCUT2D eigenvalue weighted by molar-refractivity contribution is 0.112. The van der Waals surface area contributed by atoms with Crippen LogP contribution in [0.5, 0.6) is 0 Å². The zero-order valence-corrected chi connectivity index (χ0v) is 23.5. The minimum absolute atomic E-state index is 0.127. The molecule has 0 aliphatic heterocycles. The quantitative estimate of drug-likeness (QED) is 0.272. The smallest absolute Gasteiger partial charge is 0.192 e. The van der Waals surface area contributed by atoms with Crippen molar-refractivity contribution in [1.82, 2.24) is 0 Å². The monoisotopic (exact) mass is 426 g/mol. The molecule has 0 aliphatic rings. The third-order valence-electron chi connectivity index (χ3n) is 6.66. The molecule has 0 saturated heterocycles. The number of hydrogen-bond donors (Lipinski definition) is 0. The van der Waals surface area contributed by atoms with E-state index in [1.54, 1.807) is 0 Å². The van der Waals surface area contributed by atoms with Crippen molar-refractivity contribution in [1.29, 1.82) is 0 Å². The highest BCUT2D eigenvalue weighted by Gasteiger charge is 2.41. The van der Waals surface area contributed by atoms with Crippen molar-refractivity contribution in [2.24, 2.45) is 5.92 Å². The lowest BCUT2D eigenvalue weighted by Crippen LogP contribution is -2.46. The summed E-state index contributed by atoms with van der Waals surface area (Å²) in [5, 5.41) is 0.445. The molecule has 28 heavy (non-hydrogen) atoms. The fourth-order valence-electron chi connectivity index (χ4n) is 2.79. The summed E-state index contributed by atoms with van der Waals surface area (Å²) in [7, 11) is -3.60. The Bertz CT molecular complexity index is 534. The van der Waals surface area contributed by atoms with Crippen molar-refractivity contribution >= 4 is 16.6 Å². The zero-order chi connectivity index (χ0) is 22.6. The molecule has 0 unspecified atom stereocenters. The van der Waals surface area contributed by atoms with Crippen molar-refractivity contribution in [3.05, 3.63) is 23.8 Å². The molecule has 0 bridgehead atoms. The van der Waals surface area contributed by atoms with Gasteiger partial charge in [-0.2, -0.15) is 0 Å².